The molecule has 0 atom stereocenters. The Morgan fingerprint density at radius 2 is 1.94 bits per heavy atom. The summed E-state index contributed by atoms with van der Waals surface area (Å²) in [7, 11) is 0. The van der Waals surface area contributed by atoms with Gasteiger partial charge in [-0.05, 0) is 42.7 Å². The minimum Gasteiger partial charge on any atom is -0.324 e. The number of hydrogen-bond acceptors (Lipinski definition) is 5. The Morgan fingerprint density at radius 3 is 2.72 bits per heavy atom. The number of carbonyl (C=O) groups is 1. The number of aromatic nitrogens is 4. The number of halogens is 2. The van der Waals surface area contributed by atoms with Crippen LogP contribution in [0.3, 0.4) is 0 Å². The Bertz CT molecular complexity index is 1370. The van der Waals surface area contributed by atoms with Gasteiger partial charge in [0.2, 0.25) is 11.7 Å². The fourth-order valence-electron chi connectivity index (χ4n) is 3.33. The maximum atomic E-state index is 13.1. The lowest BCUT2D eigenvalue weighted by Gasteiger charge is -2.12. The van der Waals surface area contributed by atoms with Crippen molar-refractivity contribution in [2.75, 3.05) is 11.1 Å². The first-order valence-corrected chi connectivity index (χ1v) is 11.8. The molecule has 166 valence electrons. The van der Waals surface area contributed by atoms with Gasteiger partial charge >= 0.3 is 0 Å². The van der Waals surface area contributed by atoms with Crippen LogP contribution >= 0.6 is 35.0 Å². The minimum absolute atomic E-state index is 0.0864. The summed E-state index contributed by atoms with van der Waals surface area (Å²) in [6.07, 6.45) is 0.839. The number of nitrogens with zero attached hydrogens (tertiary/aromatic N) is 4. The first kappa shape index (κ1) is 22.6. The van der Waals surface area contributed by atoms with E-state index in [1.807, 2.05) is 22.6 Å². The smallest absolute Gasteiger partial charge is 0.262 e. The number of nitrogens with one attached hydrogen (secondary N) is 1. The van der Waals surface area contributed by atoms with E-state index in [1.165, 1.54) is 11.8 Å². The Kier molecular flexibility index (Phi) is 6.74. The molecule has 0 bridgehead atoms. The lowest BCUT2D eigenvalue weighted by Crippen LogP contribution is -2.24. The first-order chi connectivity index (χ1) is 15.3. The summed E-state index contributed by atoms with van der Waals surface area (Å²) in [6.45, 7) is 4.76. The monoisotopic (exact) mass is 489 g/mol. The number of thioether (sulfide) groups is 1. The third-order valence-corrected chi connectivity index (χ3v) is 6.44. The molecule has 2 aromatic carbocycles. The molecule has 0 saturated carbocycles. The summed E-state index contributed by atoms with van der Waals surface area (Å²) >= 11 is 13.3. The second-order valence-electron chi connectivity index (χ2n) is 7.74. The van der Waals surface area contributed by atoms with Gasteiger partial charge in [0.25, 0.3) is 5.56 Å². The molecular weight excluding hydrogens is 469 g/mol. The highest BCUT2D eigenvalue weighted by Gasteiger charge is 2.18. The van der Waals surface area contributed by atoms with Gasteiger partial charge in [-0.1, -0.05) is 60.9 Å². The molecule has 10 heteroatoms. The molecule has 0 aliphatic rings. The molecule has 4 aromatic rings. The number of aryl methyl sites for hydroxylation is 1. The van der Waals surface area contributed by atoms with Crippen molar-refractivity contribution in [2.45, 2.75) is 32.0 Å². The standard InChI is InChI=1S/C22H21Cl2N5O2S/c1-13(2)9-10-28-20(31)15-5-3-4-6-18(15)29-21(28)26-27-22(29)32-12-19(30)25-17-11-14(23)7-8-16(17)24/h3-8,11,13H,9-10,12H2,1-2H3,(H,25,30). The van der Waals surface area contributed by atoms with Crippen molar-refractivity contribution >= 4 is 63.2 Å². The lowest BCUT2D eigenvalue weighted by atomic mass is 10.1. The molecule has 0 radical (unpaired) electrons. The van der Waals surface area contributed by atoms with Gasteiger partial charge in [0, 0.05) is 11.6 Å². The van der Waals surface area contributed by atoms with Crippen LogP contribution in [0.1, 0.15) is 20.3 Å². The van der Waals surface area contributed by atoms with E-state index in [2.05, 4.69) is 29.4 Å². The number of fused-ring (bicyclic) bond motifs is 3. The largest absolute Gasteiger partial charge is 0.324 e. The number of benzene rings is 2. The molecule has 0 aliphatic carbocycles. The lowest BCUT2D eigenvalue weighted by molar-refractivity contribution is -0.113. The van der Waals surface area contributed by atoms with E-state index in [0.717, 1.165) is 6.42 Å². The van der Waals surface area contributed by atoms with Gasteiger partial charge in [-0.3, -0.25) is 18.6 Å². The number of hydrogen-bond donors (Lipinski definition) is 1. The van der Waals surface area contributed by atoms with E-state index in [-0.39, 0.29) is 17.2 Å². The van der Waals surface area contributed by atoms with Gasteiger partial charge in [-0.15, -0.1) is 10.2 Å². The number of para-hydroxylation sites is 1. The van der Waals surface area contributed by atoms with Crippen LogP contribution in [0.5, 0.6) is 0 Å². The van der Waals surface area contributed by atoms with Gasteiger partial charge in [0.1, 0.15) is 0 Å². The topological polar surface area (TPSA) is 81.3 Å². The third-order valence-electron chi connectivity index (χ3n) is 4.94. The predicted molar refractivity (Wildman–Crippen MR) is 130 cm³/mol. The van der Waals surface area contributed by atoms with Crippen LogP contribution in [0.4, 0.5) is 5.69 Å². The van der Waals surface area contributed by atoms with E-state index < -0.39 is 0 Å². The van der Waals surface area contributed by atoms with Gasteiger partial charge in [-0.25, -0.2) is 0 Å². The SMILES string of the molecule is CC(C)CCn1c(=O)c2ccccc2n2c(SCC(=O)Nc3cc(Cl)ccc3Cl)nnc12. The molecule has 32 heavy (non-hydrogen) atoms. The zero-order chi connectivity index (χ0) is 22.8. The molecular formula is C22H21Cl2N5O2S. The molecule has 7 nitrogen and oxygen atoms in total. The highest BCUT2D eigenvalue weighted by molar-refractivity contribution is 7.99. The average molecular weight is 490 g/mol. The number of amides is 1. The number of carbonyl (C=O) groups excluding carboxylic acids is 1. The van der Waals surface area contributed by atoms with Crippen molar-refractivity contribution in [1.29, 1.82) is 0 Å². The average Bonchev–Trinajstić information content (AvgIpc) is 3.18. The molecule has 0 saturated heterocycles. The number of rotatable bonds is 7. The molecule has 1 N–H and O–H groups in total. The molecule has 1 amide bonds. The van der Waals surface area contributed by atoms with Gasteiger partial charge in [0.05, 0.1) is 27.4 Å². The van der Waals surface area contributed by atoms with E-state index >= 15 is 0 Å². The second kappa shape index (κ2) is 9.52. The fourth-order valence-corrected chi connectivity index (χ4v) is 4.40. The van der Waals surface area contributed by atoms with Crippen molar-refractivity contribution in [3.05, 3.63) is 62.9 Å². The van der Waals surface area contributed by atoms with Crippen molar-refractivity contribution in [1.82, 2.24) is 19.2 Å². The summed E-state index contributed by atoms with van der Waals surface area (Å²) in [5.74, 6) is 0.735. The van der Waals surface area contributed by atoms with Crippen LogP contribution in [0, 0.1) is 5.92 Å². The van der Waals surface area contributed by atoms with Gasteiger partial charge in [-0.2, -0.15) is 0 Å². The number of anilines is 1. The van der Waals surface area contributed by atoms with Crippen LogP contribution in [0.2, 0.25) is 10.0 Å². The van der Waals surface area contributed by atoms with Crippen LogP contribution < -0.4 is 10.9 Å². The quantitative estimate of drug-likeness (QED) is 0.364. The van der Waals surface area contributed by atoms with E-state index in [4.69, 9.17) is 23.2 Å². The van der Waals surface area contributed by atoms with E-state index in [1.54, 1.807) is 28.8 Å². The minimum atomic E-state index is -0.256. The Hall–Kier alpha value is -2.55. The van der Waals surface area contributed by atoms with Crippen LogP contribution in [-0.2, 0) is 11.3 Å². The molecule has 2 heterocycles. The van der Waals surface area contributed by atoms with Crippen LogP contribution in [-0.4, -0.2) is 30.8 Å². The molecule has 2 aromatic heterocycles. The second-order valence-corrected chi connectivity index (χ2v) is 9.52. The summed E-state index contributed by atoms with van der Waals surface area (Å²) in [5, 5.41) is 13.3. The van der Waals surface area contributed by atoms with Gasteiger partial charge in [0.15, 0.2) is 5.16 Å². The Labute approximate surface area is 198 Å². The van der Waals surface area contributed by atoms with Crippen molar-refractivity contribution in [3.8, 4) is 0 Å². The Balaban J connectivity index is 1.65. The molecule has 0 fully saturated rings. The maximum absolute atomic E-state index is 13.1. The summed E-state index contributed by atoms with van der Waals surface area (Å²) in [6, 6.07) is 12.2. The Morgan fingerprint density at radius 1 is 1.16 bits per heavy atom. The zero-order valence-corrected chi connectivity index (χ0v) is 19.8. The fraction of sp³-hybridized carbons (Fsp3) is 0.273. The highest BCUT2D eigenvalue weighted by Crippen LogP contribution is 2.26. The molecule has 0 aliphatic heterocycles. The summed E-state index contributed by atoms with van der Waals surface area (Å²) < 4.78 is 3.49. The van der Waals surface area contributed by atoms with Crippen molar-refractivity contribution in [3.63, 3.8) is 0 Å². The molecule has 0 spiro atoms. The third kappa shape index (κ3) is 4.62. The van der Waals surface area contributed by atoms with Crippen LogP contribution in [0.25, 0.3) is 16.7 Å². The van der Waals surface area contributed by atoms with E-state index in [0.29, 0.717) is 50.0 Å². The highest BCUT2D eigenvalue weighted by atomic mass is 35.5. The van der Waals surface area contributed by atoms with Crippen molar-refractivity contribution in [2.24, 2.45) is 5.92 Å². The normalized spacial score (nSPS) is 11.5. The maximum Gasteiger partial charge on any atom is 0.262 e. The van der Waals surface area contributed by atoms with Crippen molar-refractivity contribution < 1.29 is 4.79 Å². The predicted octanol–water partition coefficient (Wildman–Crippen LogP) is 5.13. The van der Waals surface area contributed by atoms with Crippen LogP contribution in [0.15, 0.2) is 52.4 Å². The summed E-state index contributed by atoms with van der Waals surface area (Å²) in [5.41, 5.74) is 1.06. The molecule has 0 unspecified atom stereocenters. The summed E-state index contributed by atoms with van der Waals surface area (Å²) in [4.78, 5) is 25.6. The van der Waals surface area contributed by atoms with E-state index in [9.17, 15) is 9.59 Å². The zero-order valence-electron chi connectivity index (χ0n) is 17.5. The molecule has 4 rings (SSSR count). The van der Waals surface area contributed by atoms with Gasteiger partial charge < -0.3 is 5.32 Å². The first-order valence-electron chi connectivity index (χ1n) is 10.1.